The Kier molecular flexibility index (Phi) is 4.79. The van der Waals surface area contributed by atoms with E-state index >= 15 is 0 Å². The second kappa shape index (κ2) is 7.22. The number of rotatable bonds is 4. The van der Waals surface area contributed by atoms with Gasteiger partial charge in [-0.3, -0.25) is 4.90 Å². The molecule has 1 atom stereocenters. The van der Waals surface area contributed by atoms with Gasteiger partial charge in [-0.05, 0) is 44.0 Å². The predicted molar refractivity (Wildman–Crippen MR) is 106 cm³/mol. The average Bonchev–Trinajstić information content (AvgIpc) is 3.03. The van der Waals surface area contributed by atoms with Crippen molar-refractivity contribution in [2.24, 2.45) is 0 Å². The van der Waals surface area contributed by atoms with Crippen LogP contribution in [0.1, 0.15) is 35.5 Å². The molecule has 0 radical (unpaired) electrons. The maximum atomic E-state index is 5.53. The number of benzene rings is 2. The lowest BCUT2D eigenvalue weighted by molar-refractivity contribution is 0.0177. The van der Waals surface area contributed by atoms with Crippen LogP contribution in [0.25, 0.3) is 11.0 Å². The molecule has 0 unspecified atom stereocenters. The van der Waals surface area contributed by atoms with Crippen LogP contribution in [0.3, 0.4) is 0 Å². The zero-order valence-electron chi connectivity index (χ0n) is 15.9. The Balaban J connectivity index is 1.77. The van der Waals surface area contributed by atoms with E-state index in [-0.39, 0.29) is 6.04 Å². The molecule has 1 aromatic heterocycles. The molecule has 1 aliphatic rings. The molecule has 0 amide bonds. The fourth-order valence-corrected chi connectivity index (χ4v) is 3.85. The molecule has 1 aliphatic heterocycles. The Morgan fingerprint density at radius 2 is 1.85 bits per heavy atom. The number of hydrogen-bond acceptors (Lipinski definition) is 3. The van der Waals surface area contributed by atoms with Gasteiger partial charge >= 0.3 is 0 Å². The molecule has 0 aliphatic carbocycles. The molecule has 0 N–H and O–H groups in total. The number of hydrogen-bond donors (Lipinski definition) is 0. The van der Waals surface area contributed by atoms with E-state index in [0.29, 0.717) is 0 Å². The Morgan fingerprint density at radius 3 is 2.65 bits per heavy atom. The standard InChI is InChI=1S/C22H27N3O/c1-16-8-9-17(2)19(14-16)15-25-21-7-5-4-6-20(21)23-22(25)18(3)24-10-12-26-13-11-24/h4-9,14,18H,10-13,15H2,1-3H3/t18-/m1/s1. The van der Waals surface area contributed by atoms with Gasteiger partial charge in [-0.2, -0.15) is 0 Å². The van der Waals surface area contributed by atoms with E-state index in [1.165, 1.54) is 22.2 Å². The lowest BCUT2D eigenvalue weighted by atomic mass is 10.1. The molecular formula is C22H27N3O. The maximum absolute atomic E-state index is 5.53. The molecule has 4 nitrogen and oxygen atoms in total. The van der Waals surface area contributed by atoms with Gasteiger partial charge in [0.1, 0.15) is 5.82 Å². The van der Waals surface area contributed by atoms with E-state index in [1.54, 1.807) is 0 Å². The van der Waals surface area contributed by atoms with E-state index in [4.69, 9.17) is 9.72 Å². The molecule has 1 saturated heterocycles. The lowest BCUT2D eigenvalue weighted by Crippen LogP contribution is -2.39. The molecule has 0 saturated carbocycles. The van der Waals surface area contributed by atoms with Crippen LogP contribution in [0.15, 0.2) is 42.5 Å². The topological polar surface area (TPSA) is 30.3 Å². The molecule has 4 rings (SSSR count). The molecule has 2 aromatic carbocycles. The fraction of sp³-hybridized carbons (Fsp3) is 0.409. The van der Waals surface area contributed by atoms with Gasteiger partial charge in [0.15, 0.2) is 0 Å². The van der Waals surface area contributed by atoms with Crippen molar-refractivity contribution in [1.29, 1.82) is 0 Å². The summed E-state index contributed by atoms with van der Waals surface area (Å²) in [4.78, 5) is 7.49. The van der Waals surface area contributed by atoms with Gasteiger partial charge in [0.25, 0.3) is 0 Å². The normalized spacial score (nSPS) is 16.9. The van der Waals surface area contributed by atoms with E-state index in [1.807, 2.05) is 0 Å². The van der Waals surface area contributed by atoms with Gasteiger partial charge in [0.2, 0.25) is 0 Å². The zero-order valence-corrected chi connectivity index (χ0v) is 15.9. The Bertz CT molecular complexity index is 909. The van der Waals surface area contributed by atoms with Gasteiger partial charge in [-0.25, -0.2) is 4.98 Å². The van der Waals surface area contributed by atoms with E-state index in [9.17, 15) is 0 Å². The summed E-state index contributed by atoms with van der Waals surface area (Å²) >= 11 is 0. The van der Waals surface area contributed by atoms with Crippen molar-refractivity contribution in [3.05, 3.63) is 65.0 Å². The van der Waals surface area contributed by atoms with Crippen LogP contribution < -0.4 is 0 Å². The number of aromatic nitrogens is 2. The van der Waals surface area contributed by atoms with Gasteiger partial charge in [-0.1, -0.05) is 35.9 Å². The first-order chi connectivity index (χ1) is 12.6. The van der Waals surface area contributed by atoms with Crippen molar-refractivity contribution in [3.8, 4) is 0 Å². The predicted octanol–water partition coefficient (Wildman–Crippen LogP) is 4.09. The summed E-state index contributed by atoms with van der Waals surface area (Å²) in [5.41, 5.74) is 6.29. The summed E-state index contributed by atoms with van der Waals surface area (Å²) in [6.07, 6.45) is 0. The smallest absolute Gasteiger partial charge is 0.127 e. The van der Waals surface area contributed by atoms with Crippen molar-refractivity contribution < 1.29 is 4.74 Å². The quantitative estimate of drug-likeness (QED) is 0.710. The highest BCUT2D eigenvalue weighted by Crippen LogP contribution is 2.27. The van der Waals surface area contributed by atoms with Gasteiger partial charge in [-0.15, -0.1) is 0 Å². The van der Waals surface area contributed by atoms with Crippen molar-refractivity contribution in [3.63, 3.8) is 0 Å². The van der Waals surface area contributed by atoms with Crippen LogP contribution in [-0.4, -0.2) is 40.8 Å². The minimum absolute atomic E-state index is 0.274. The van der Waals surface area contributed by atoms with Gasteiger partial charge < -0.3 is 9.30 Å². The summed E-state index contributed by atoms with van der Waals surface area (Å²) in [7, 11) is 0. The van der Waals surface area contributed by atoms with Gasteiger partial charge in [0.05, 0.1) is 30.3 Å². The molecule has 2 heterocycles. The van der Waals surface area contributed by atoms with E-state index in [0.717, 1.165) is 44.2 Å². The molecule has 3 aromatic rings. The van der Waals surface area contributed by atoms with Crippen molar-refractivity contribution >= 4 is 11.0 Å². The number of imidazole rings is 1. The van der Waals surface area contributed by atoms with Crippen molar-refractivity contribution in [1.82, 2.24) is 14.5 Å². The first-order valence-corrected chi connectivity index (χ1v) is 9.46. The highest BCUT2D eigenvalue weighted by atomic mass is 16.5. The zero-order chi connectivity index (χ0) is 18.1. The summed E-state index contributed by atoms with van der Waals surface area (Å²) in [6.45, 7) is 11.0. The second-order valence-electron chi connectivity index (χ2n) is 7.30. The summed E-state index contributed by atoms with van der Waals surface area (Å²) in [5, 5.41) is 0. The second-order valence-corrected chi connectivity index (χ2v) is 7.30. The SMILES string of the molecule is Cc1ccc(C)c(Cn2c([C@@H](C)N3CCOCC3)nc3ccccc32)c1. The number of nitrogens with zero attached hydrogens (tertiary/aromatic N) is 3. The minimum atomic E-state index is 0.274. The molecule has 136 valence electrons. The Hall–Kier alpha value is -2.17. The summed E-state index contributed by atoms with van der Waals surface area (Å²) < 4.78 is 7.93. The van der Waals surface area contributed by atoms with Gasteiger partial charge in [0, 0.05) is 19.6 Å². The Morgan fingerprint density at radius 1 is 1.08 bits per heavy atom. The third-order valence-electron chi connectivity index (χ3n) is 5.48. The third-order valence-corrected chi connectivity index (χ3v) is 5.48. The largest absolute Gasteiger partial charge is 0.379 e. The lowest BCUT2D eigenvalue weighted by Gasteiger charge is -2.32. The highest BCUT2D eigenvalue weighted by Gasteiger charge is 2.24. The average molecular weight is 349 g/mol. The number of para-hydroxylation sites is 2. The molecule has 26 heavy (non-hydrogen) atoms. The van der Waals surface area contributed by atoms with Crippen LogP contribution in [0.2, 0.25) is 0 Å². The van der Waals surface area contributed by atoms with Crippen molar-refractivity contribution in [2.45, 2.75) is 33.4 Å². The molecule has 0 spiro atoms. The number of fused-ring (bicyclic) bond motifs is 1. The first kappa shape index (κ1) is 17.3. The maximum Gasteiger partial charge on any atom is 0.127 e. The van der Waals surface area contributed by atoms with E-state index in [2.05, 4.69) is 72.7 Å². The number of aryl methyl sites for hydroxylation is 2. The number of morpholine rings is 1. The van der Waals surface area contributed by atoms with Crippen LogP contribution >= 0.6 is 0 Å². The van der Waals surface area contributed by atoms with Crippen molar-refractivity contribution in [2.75, 3.05) is 26.3 Å². The fourth-order valence-electron chi connectivity index (χ4n) is 3.85. The minimum Gasteiger partial charge on any atom is -0.379 e. The summed E-state index contributed by atoms with van der Waals surface area (Å²) in [5.74, 6) is 1.15. The molecule has 0 bridgehead atoms. The van der Waals surface area contributed by atoms with Crippen LogP contribution in [0.4, 0.5) is 0 Å². The van der Waals surface area contributed by atoms with E-state index < -0.39 is 0 Å². The Labute approximate surface area is 155 Å². The van der Waals surface area contributed by atoms with Crippen LogP contribution in [0, 0.1) is 13.8 Å². The van der Waals surface area contributed by atoms with Crippen LogP contribution in [0.5, 0.6) is 0 Å². The highest BCUT2D eigenvalue weighted by molar-refractivity contribution is 5.76. The first-order valence-electron chi connectivity index (χ1n) is 9.46. The monoisotopic (exact) mass is 349 g/mol. The number of ether oxygens (including phenoxy) is 1. The molecule has 1 fully saturated rings. The van der Waals surface area contributed by atoms with Crippen LogP contribution in [-0.2, 0) is 11.3 Å². The third kappa shape index (κ3) is 3.27. The molecule has 4 heteroatoms. The molecular weight excluding hydrogens is 322 g/mol. The summed E-state index contributed by atoms with van der Waals surface area (Å²) in [6, 6.07) is 15.4.